The van der Waals surface area contributed by atoms with Gasteiger partial charge in [-0.1, -0.05) is 19.8 Å². The van der Waals surface area contributed by atoms with Gasteiger partial charge >= 0.3 is 5.69 Å². The van der Waals surface area contributed by atoms with Gasteiger partial charge in [0.15, 0.2) is 0 Å². The van der Waals surface area contributed by atoms with Gasteiger partial charge in [0.05, 0.1) is 0 Å². The highest BCUT2D eigenvalue weighted by molar-refractivity contribution is 5.76. The van der Waals surface area contributed by atoms with Crippen LogP contribution < -0.4 is 5.69 Å². The van der Waals surface area contributed by atoms with Crippen LogP contribution in [0.15, 0.2) is 4.79 Å². The summed E-state index contributed by atoms with van der Waals surface area (Å²) in [6.07, 6.45) is 8.45. The molecule has 1 N–H and O–H groups in total. The molecule has 5 heteroatoms. The zero-order valence-corrected chi connectivity index (χ0v) is 15.5. The van der Waals surface area contributed by atoms with Crippen molar-refractivity contribution in [2.24, 2.45) is 5.92 Å². The molecular weight excluding hydrogens is 302 g/mol. The minimum absolute atomic E-state index is 0.193. The SMILES string of the molecule is CCCC1CCC(N(C)C(=O)CCc2c(C)nc(=O)[nH]c2C)CC1. The van der Waals surface area contributed by atoms with E-state index in [1.165, 1.54) is 25.7 Å². The Morgan fingerprint density at radius 3 is 2.50 bits per heavy atom. The highest BCUT2D eigenvalue weighted by Gasteiger charge is 2.26. The standard InChI is InChI=1S/C19H31N3O2/c1-5-6-15-7-9-16(10-8-15)22(4)18(23)12-11-17-13(2)20-19(24)21-14(17)3/h15-16H,5-12H2,1-4H3,(H,20,21,24). The summed E-state index contributed by atoms with van der Waals surface area (Å²) < 4.78 is 0. The highest BCUT2D eigenvalue weighted by atomic mass is 16.2. The van der Waals surface area contributed by atoms with Crippen molar-refractivity contribution >= 4 is 5.91 Å². The maximum Gasteiger partial charge on any atom is 0.345 e. The fourth-order valence-corrected chi connectivity index (χ4v) is 3.96. The van der Waals surface area contributed by atoms with E-state index >= 15 is 0 Å². The van der Waals surface area contributed by atoms with E-state index in [1.807, 2.05) is 25.8 Å². The first-order chi connectivity index (χ1) is 11.4. The van der Waals surface area contributed by atoms with Gasteiger partial charge in [0.2, 0.25) is 5.91 Å². The fourth-order valence-electron chi connectivity index (χ4n) is 3.96. The lowest BCUT2D eigenvalue weighted by molar-refractivity contribution is -0.132. The summed E-state index contributed by atoms with van der Waals surface area (Å²) >= 11 is 0. The molecule has 24 heavy (non-hydrogen) atoms. The first-order valence-corrected chi connectivity index (χ1v) is 9.24. The maximum atomic E-state index is 12.5. The molecular formula is C19H31N3O2. The Morgan fingerprint density at radius 1 is 1.25 bits per heavy atom. The third-order valence-corrected chi connectivity index (χ3v) is 5.50. The fraction of sp³-hybridized carbons (Fsp3) is 0.737. The average molecular weight is 333 g/mol. The zero-order chi connectivity index (χ0) is 17.7. The first-order valence-electron chi connectivity index (χ1n) is 9.24. The van der Waals surface area contributed by atoms with E-state index in [0.717, 1.165) is 35.7 Å². The van der Waals surface area contributed by atoms with Crippen molar-refractivity contribution in [2.75, 3.05) is 7.05 Å². The predicted octanol–water partition coefficient (Wildman–Crippen LogP) is 3.14. The van der Waals surface area contributed by atoms with Crippen LogP contribution in [-0.2, 0) is 11.2 Å². The molecule has 1 aliphatic carbocycles. The van der Waals surface area contributed by atoms with Gasteiger partial charge in [0, 0.05) is 30.9 Å². The summed E-state index contributed by atoms with van der Waals surface area (Å²) in [4.78, 5) is 32.5. The summed E-state index contributed by atoms with van der Waals surface area (Å²) in [7, 11) is 1.94. The second-order valence-electron chi connectivity index (χ2n) is 7.20. The Hall–Kier alpha value is -1.65. The van der Waals surface area contributed by atoms with Crippen LogP contribution in [0.3, 0.4) is 0 Å². The lowest BCUT2D eigenvalue weighted by atomic mass is 9.83. The normalized spacial score (nSPS) is 20.8. The minimum Gasteiger partial charge on any atom is -0.343 e. The molecule has 0 radical (unpaired) electrons. The van der Waals surface area contributed by atoms with Crippen LogP contribution in [0, 0.1) is 19.8 Å². The Balaban J connectivity index is 1.88. The molecule has 5 nitrogen and oxygen atoms in total. The molecule has 134 valence electrons. The number of aryl methyl sites for hydroxylation is 2. The van der Waals surface area contributed by atoms with Crippen molar-refractivity contribution < 1.29 is 4.79 Å². The van der Waals surface area contributed by atoms with E-state index < -0.39 is 0 Å². The predicted molar refractivity (Wildman–Crippen MR) is 96.1 cm³/mol. The van der Waals surface area contributed by atoms with E-state index in [-0.39, 0.29) is 11.6 Å². The second-order valence-corrected chi connectivity index (χ2v) is 7.20. The topological polar surface area (TPSA) is 66.1 Å². The van der Waals surface area contributed by atoms with Gasteiger partial charge in [-0.3, -0.25) is 4.79 Å². The molecule has 0 aromatic carbocycles. The van der Waals surface area contributed by atoms with Gasteiger partial charge in [-0.15, -0.1) is 0 Å². The van der Waals surface area contributed by atoms with Crippen molar-refractivity contribution in [1.29, 1.82) is 0 Å². The second kappa shape index (κ2) is 8.45. The number of carbonyl (C=O) groups is 1. The summed E-state index contributed by atoms with van der Waals surface area (Å²) in [5, 5.41) is 0. The average Bonchev–Trinajstić information content (AvgIpc) is 2.54. The van der Waals surface area contributed by atoms with Gasteiger partial charge in [-0.05, 0) is 57.4 Å². The van der Waals surface area contributed by atoms with Crippen LogP contribution in [-0.4, -0.2) is 33.9 Å². The highest BCUT2D eigenvalue weighted by Crippen LogP contribution is 2.30. The van der Waals surface area contributed by atoms with Crippen LogP contribution in [0.2, 0.25) is 0 Å². The molecule has 1 aromatic rings. The number of carbonyl (C=O) groups excluding carboxylic acids is 1. The molecule has 1 aromatic heterocycles. The van der Waals surface area contributed by atoms with Gasteiger partial charge in [-0.2, -0.15) is 4.98 Å². The number of aromatic amines is 1. The van der Waals surface area contributed by atoms with E-state index in [2.05, 4.69) is 16.9 Å². The number of hydrogen-bond donors (Lipinski definition) is 1. The Bertz CT molecular complexity index is 589. The Morgan fingerprint density at radius 2 is 1.92 bits per heavy atom. The molecule has 1 fully saturated rings. The maximum absolute atomic E-state index is 12.5. The molecule has 0 unspecified atom stereocenters. The van der Waals surface area contributed by atoms with Crippen LogP contribution >= 0.6 is 0 Å². The van der Waals surface area contributed by atoms with Gasteiger partial charge in [0.25, 0.3) is 0 Å². The number of nitrogens with zero attached hydrogens (tertiary/aromatic N) is 2. The number of nitrogens with one attached hydrogen (secondary N) is 1. The van der Waals surface area contributed by atoms with Crippen LogP contribution in [0.1, 0.15) is 68.8 Å². The smallest absolute Gasteiger partial charge is 0.343 e. The van der Waals surface area contributed by atoms with E-state index in [4.69, 9.17) is 0 Å². The van der Waals surface area contributed by atoms with Crippen molar-refractivity contribution in [1.82, 2.24) is 14.9 Å². The van der Waals surface area contributed by atoms with Crippen molar-refractivity contribution in [3.63, 3.8) is 0 Å². The quantitative estimate of drug-likeness (QED) is 0.870. The van der Waals surface area contributed by atoms with E-state index in [0.29, 0.717) is 18.9 Å². The van der Waals surface area contributed by atoms with Crippen LogP contribution in [0.4, 0.5) is 0 Å². The summed E-state index contributed by atoms with van der Waals surface area (Å²) in [5.74, 6) is 1.05. The summed E-state index contributed by atoms with van der Waals surface area (Å²) in [6, 6.07) is 0.390. The molecule has 0 atom stereocenters. The Labute approximate surface area is 144 Å². The molecule has 0 saturated heterocycles. The molecule has 1 amide bonds. The molecule has 1 aliphatic rings. The number of rotatable bonds is 6. The number of hydrogen-bond acceptors (Lipinski definition) is 3. The third-order valence-electron chi connectivity index (χ3n) is 5.50. The van der Waals surface area contributed by atoms with Crippen molar-refractivity contribution in [3.05, 3.63) is 27.4 Å². The van der Waals surface area contributed by atoms with Gasteiger partial charge < -0.3 is 9.88 Å². The van der Waals surface area contributed by atoms with E-state index in [9.17, 15) is 9.59 Å². The largest absolute Gasteiger partial charge is 0.345 e. The molecule has 0 bridgehead atoms. The van der Waals surface area contributed by atoms with Gasteiger partial charge in [0.1, 0.15) is 0 Å². The number of H-pyrrole nitrogens is 1. The molecule has 2 rings (SSSR count). The van der Waals surface area contributed by atoms with Crippen molar-refractivity contribution in [2.45, 2.75) is 78.2 Å². The summed E-state index contributed by atoms with van der Waals surface area (Å²) in [6.45, 7) is 5.95. The van der Waals surface area contributed by atoms with Crippen LogP contribution in [0.5, 0.6) is 0 Å². The molecule has 1 saturated carbocycles. The number of amides is 1. The minimum atomic E-state index is -0.318. The van der Waals surface area contributed by atoms with E-state index in [1.54, 1.807) is 0 Å². The monoisotopic (exact) mass is 333 g/mol. The van der Waals surface area contributed by atoms with Crippen molar-refractivity contribution in [3.8, 4) is 0 Å². The Kier molecular flexibility index (Phi) is 6.58. The molecule has 1 heterocycles. The first kappa shape index (κ1) is 18.7. The summed E-state index contributed by atoms with van der Waals surface area (Å²) in [5.41, 5.74) is 2.22. The lowest BCUT2D eigenvalue weighted by Gasteiger charge is -2.34. The van der Waals surface area contributed by atoms with Crippen LogP contribution in [0.25, 0.3) is 0 Å². The number of aromatic nitrogens is 2. The lowest BCUT2D eigenvalue weighted by Crippen LogP contribution is -2.39. The zero-order valence-electron chi connectivity index (χ0n) is 15.5. The molecule has 0 spiro atoms. The van der Waals surface area contributed by atoms with Gasteiger partial charge in [-0.25, -0.2) is 4.79 Å². The molecule has 0 aliphatic heterocycles. The third kappa shape index (κ3) is 4.68.